The quantitative estimate of drug-likeness (QED) is 0.142. The van der Waals surface area contributed by atoms with Gasteiger partial charge in [-0.05, 0) is 132 Å². The Labute approximate surface area is 421 Å². The lowest BCUT2D eigenvalue weighted by Crippen LogP contribution is -2.52. The Balaban J connectivity index is 0.711. The molecule has 2 aromatic heterocycles. The maximum Gasteiger partial charge on any atom is 0.415 e. The van der Waals surface area contributed by atoms with Crippen LogP contribution in [0.25, 0.3) is 0 Å². The van der Waals surface area contributed by atoms with Gasteiger partial charge in [0, 0.05) is 79.9 Å². The number of halogens is 1. The van der Waals surface area contributed by atoms with E-state index in [1.165, 1.54) is 4.90 Å². The van der Waals surface area contributed by atoms with Crippen molar-refractivity contribution in [2.75, 3.05) is 84.4 Å². The van der Waals surface area contributed by atoms with E-state index in [1.807, 2.05) is 102 Å². The van der Waals surface area contributed by atoms with Gasteiger partial charge in [-0.1, -0.05) is 24.3 Å². The van der Waals surface area contributed by atoms with E-state index in [9.17, 15) is 14.4 Å². The van der Waals surface area contributed by atoms with Gasteiger partial charge in [0.15, 0.2) is 0 Å². The van der Waals surface area contributed by atoms with Crippen molar-refractivity contribution >= 4 is 52.4 Å². The number of benzene rings is 3. The number of methoxy groups -OCH3 is 1. The summed E-state index contributed by atoms with van der Waals surface area (Å²) in [6.45, 7) is 15.1. The summed E-state index contributed by atoms with van der Waals surface area (Å²) in [5.74, 6) is 1.29. The highest BCUT2D eigenvalue weighted by Gasteiger charge is 2.37. The SMILES string of the molecule is COc1ccc(CN2C(=O)CCN(c3ccc(N4CCC(N5CCC(c6ccc(Nc7ncc8c(n7)CN(c7cnc9c(c7C)N(C(=O)OC(C)(C)C)CCO9)CC8)cc6)C(F)C5)CC4)cc3C)C2=O)cc1. The Morgan fingerprint density at radius 1 is 0.861 bits per heavy atom. The number of aryl methyl sites for hydroxylation is 1. The fraction of sp³-hybridized carbons (Fsp3) is 0.455. The van der Waals surface area contributed by atoms with Gasteiger partial charge >= 0.3 is 12.1 Å². The topological polar surface area (TPSA) is 149 Å². The van der Waals surface area contributed by atoms with Crippen molar-refractivity contribution in [1.82, 2.24) is 24.8 Å². The number of likely N-dealkylation sites (tertiary alicyclic amines) is 1. The number of amides is 4. The van der Waals surface area contributed by atoms with Crippen molar-refractivity contribution < 1.29 is 33.0 Å². The molecule has 1 N–H and O–H groups in total. The van der Waals surface area contributed by atoms with Crippen LogP contribution >= 0.6 is 0 Å². The minimum absolute atomic E-state index is 0.173. The molecule has 0 saturated carbocycles. The van der Waals surface area contributed by atoms with E-state index in [-0.39, 0.29) is 30.8 Å². The Morgan fingerprint density at radius 3 is 2.36 bits per heavy atom. The number of imide groups is 1. The zero-order valence-electron chi connectivity index (χ0n) is 42.2. The molecule has 0 aliphatic carbocycles. The second-order valence-electron chi connectivity index (χ2n) is 20.6. The van der Waals surface area contributed by atoms with E-state index in [2.05, 4.69) is 42.1 Å². The van der Waals surface area contributed by atoms with Gasteiger partial charge in [-0.15, -0.1) is 0 Å². The zero-order chi connectivity index (χ0) is 50.3. The third-order valence-electron chi connectivity index (χ3n) is 14.8. The number of pyridine rings is 1. The molecule has 0 radical (unpaired) electrons. The highest BCUT2D eigenvalue weighted by molar-refractivity contribution is 6.06. The molecule has 0 spiro atoms. The van der Waals surface area contributed by atoms with Gasteiger partial charge < -0.3 is 29.3 Å². The number of aromatic nitrogens is 3. The van der Waals surface area contributed by atoms with Crippen molar-refractivity contribution in [3.63, 3.8) is 0 Å². The minimum atomic E-state index is -0.973. The lowest BCUT2D eigenvalue weighted by Gasteiger charge is -2.43. The molecule has 5 aliphatic heterocycles. The third kappa shape index (κ3) is 10.2. The van der Waals surface area contributed by atoms with Crippen molar-refractivity contribution in [3.8, 4) is 11.6 Å². The lowest BCUT2D eigenvalue weighted by atomic mass is 9.86. The molecule has 4 amide bonds. The standard InChI is InChI=1S/C55H65FN10O6/c1-35-29-42(13-16-47(35)64-26-21-49(67)66(53(64)68)32-37-7-14-43(70-6)15-8-37)61-23-18-41(19-24-61)62-25-20-44(45(56)33-62)38-9-11-40(12-10-38)59-52-58-30-39-17-22-63(34-46(39)60-52)48-31-57-51-50(36(48)2)65(27-28-71-51)54(69)72-55(3,4)5/h7-16,29-31,41,44-45H,17-28,32-34H2,1-6H3,(H,58,59,60). The van der Waals surface area contributed by atoms with E-state index < -0.39 is 17.9 Å². The van der Waals surface area contributed by atoms with Gasteiger partial charge in [0.25, 0.3) is 0 Å². The Hall–Kier alpha value is -7.01. The van der Waals surface area contributed by atoms with Crippen LogP contribution in [0.1, 0.15) is 85.9 Å². The Kier molecular flexibility index (Phi) is 13.7. The number of fused-ring (bicyclic) bond motifs is 2. The molecular weight excluding hydrogens is 916 g/mol. The van der Waals surface area contributed by atoms with Crippen molar-refractivity contribution in [3.05, 3.63) is 113 Å². The molecular formula is C55H65FN10O6. The molecule has 5 aliphatic rings. The molecule has 3 saturated heterocycles. The van der Waals surface area contributed by atoms with Crippen LogP contribution in [0.2, 0.25) is 0 Å². The van der Waals surface area contributed by atoms with Crippen LogP contribution in [0, 0.1) is 13.8 Å². The molecule has 3 aromatic carbocycles. The largest absolute Gasteiger partial charge is 0.497 e. The monoisotopic (exact) mass is 981 g/mol. The van der Waals surface area contributed by atoms with Crippen LogP contribution in [-0.2, 0) is 29.0 Å². The Bertz CT molecular complexity index is 2820. The van der Waals surface area contributed by atoms with Crippen LogP contribution in [0.3, 0.4) is 0 Å². The molecule has 10 rings (SSSR count). The Morgan fingerprint density at radius 2 is 1.64 bits per heavy atom. The molecule has 16 nitrogen and oxygen atoms in total. The van der Waals surface area contributed by atoms with Crippen LogP contribution in [0.5, 0.6) is 11.6 Å². The number of hydrogen-bond donors (Lipinski definition) is 1. The van der Waals surface area contributed by atoms with Crippen molar-refractivity contribution in [1.29, 1.82) is 0 Å². The summed E-state index contributed by atoms with van der Waals surface area (Å²) in [4.78, 5) is 65.7. The van der Waals surface area contributed by atoms with Gasteiger partial charge in [-0.3, -0.25) is 24.4 Å². The van der Waals surface area contributed by atoms with Crippen LogP contribution < -0.4 is 34.4 Å². The van der Waals surface area contributed by atoms with Crippen LogP contribution in [0.15, 0.2) is 79.1 Å². The summed E-state index contributed by atoms with van der Waals surface area (Å²) in [5.41, 5.74) is 9.39. The molecule has 378 valence electrons. The molecule has 0 bridgehead atoms. The molecule has 5 aromatic rings. The lowest BCUT2D eigenvalue weighted by molar-refractivity contribution is -0.129. The van der Waals surface area contributed by atoms with Crippen LogP contribution in [-0.4, -0.2) is 120 Å². The maximum absolute atomic E-state index is 16.1. The second-order valence-corrected chi connectivity index (χ2v) is 20.6. The first-order chi connectivity index (χ1) is 34.7. The maximum atomic E-state index is 16.1. The average molecular weight is 981 g/mol. The predicted octanol–water partition coefficient (Wildman–Crippen LogP) is 9.09. The van der Waals surface area contributed by atoms with E-state index >= 15 is 4.39 Å². The number of rotatable bonds is 10. The number of anilines is 6. The first-order valence-corrected chi connectivity index (χ1v) is 25.3. The molecule has 72 heavy (non-hydrogen) atoms. The predicted molar refractivity (Wildman–Crippen MR) is 276 cm³/mol. The number of ether oxygens (including phenoxy) is 3. The first kappa shape index (κ1) is 48.6. The summed E-state index contributed by atoms with van der Waals surface area (Å²) >= 11 is 0. The van der Waals surface area contributed by atoms with Crippen LogP contribution in [0.4, 0.5) is 48.4 Å². The minimum Gasteiger partial charge on any atom is -0.497 e. The number of alkyl halides is 1. The molecule has 2 atom stereocenters. The van der Waals surface area contributed by atoms with Gasteiger partial charge in [-0.25, -0.2) is 28.9 Å². The molecule has 2 unspecified atom stereocenters. The third-order valence-corrected chi connectivity index (χ3v) is 14.8. The fourth-order valence-electron chi connectivity index (χ4n) is 10.9. The van der Waals surface area contributed by atoms with Crippen molar-refractivity contribution in [2.24, 2.45) is 0 Å². The number of nitrogens with zero attached hydrogens (tertiary/aromatic N) is 9. The molecule has 3 fully saturated rings. The summed E-state index contributed by atoms with van der Waals surface area (Å²) in [6, 6.07) is 21.7. The second kappa shape index (κ2) is 20.2. The van der Waals surface area contributed by atoms with E-state index in [4.69, 9.17) is 19.2 Å². The number of piperidine rings is 2. The normalized spacial score (nSPS) is 20.0. The molecule has 17 heteroatoms. The van der Waals surface area contributed by atoms with E-state index in [1.54, 1.807) is 16.9 Å². The first-order valence-electron chi connectivity index (χ1n) is 25.3. The zero-order valence-corrected chi connectivity index (χ0v) is 42.2. The number of carbonyl (C=O) groups is 3. The van der Waals surface area contributed by atoms with E-state index in [0.717, 1.165) is 114 Å². The number of urea groups is 1. The number of nitrogens with one attached hydrogen (secondary N) is 1. The van der Waals surface area contributed by atoms with Gasteiger partial charge in [-0.2, -0.15) is 0 Å². The summed E-state index contributed by atoms with van der Waals surface area (Å²) in [7, 11) is 1.61. The number of hydrogen-bond acceptors (Lipinski definition) is 13. The highest BCUT2D eigenvalue weighted by Crippen LogP contribution is 2.41. The van der Waals surface area contributed by atoms with E-state index in [0.29, 0.717) is 56.3 Å². The average Bonchev–Trinajstić information content (AvgIpc) is 3.37. The highest BCUT2D eigenvalue weighted by atomic mass is 19.1. The smallest absolute Gasteiger partial charge is 0.415 e. The summed E-state index contributed by atoms with van der Waals surface area (Å²) in [5, 5.41) is 3.37. The van der Waals surface area contributed by atoms with Gasteiger partial charge in [0.2, 0.25) is 17.7 Å². The fourth-order valence-corrected chi connectivity index (χ4v) is 10.9. The van der Waals surface area contributed by atoms with Gasteiger partial charge in [0.05, 0.1) is 44.3 Å². The van der Waals surface area contributed by atoms with Crippen molar-refractivity contribution in [2.45, 2.75) is 104 Å². The summed E-state index contributed by atoms with van der Waals surface area (Å²) in [6.07, 6.45) is 5.98. The summed E-state index contributed by atoms with van der Waals surface area (Å²) < 4.78 is 33.0. The van der Waals surface area contributed by atoms with Gasteiger partial charge in [0.1, 0.15) is 29.8 Å². The molecule has 7 heterocycles. The number of carbonyl (C=O) groups excluding carboxylic acids is 3.